The number of amides is 2. The number of hydrogen-bond acceptors (Lipinski definition) is 5. The number of rotatable bonds is 8. The molecular formula is C25H26N4O3. The SMILES string of the molecule is O=C(CC1C(=O)NCCN1Cc1cccc(Oc2ccccc2)c1)NCc1ccccn1. The van der Waals surface area contributed by atoms with Crippen molar-refractivity contribution in [2.45, 2.75) is 25.6 Å². The average molecular weight is 431 g/mol. The van der Waals surface area contributed by atoms with Crippen LogP contribution in [0.2, 0.25) is 0 Å². The Labute approximate surface area is 187 Å². The van der Waals surface area contributed by atoms with Crippen molar-refractivity contribution in [2.24, 2.45) is 0 Å². The predicted molar refractivity (Wildman–Crippen MR) is 121 cm³/mol. The molecule has 1 aliphatic heterocycles. The molecule has 0 spiro atoms. The number of carbonyl (C=O) groups is 2. The zero-order chi connectivity index (χ0) is 22.2. The van der Waals surface area contributed by atoms with Gasteiger partial charge in [-0.05, 0) is 42.0 Å². The first-order valence-corrected chi connectivity index (χ1v) is 10.7. The largest absolute Gasteiger partial charge is 0.457 e. The molecule has 7 heteroatoms. The van der Waals surface area contributed by atoms with Crippen molar-refractivity contribution in [2.75, 3.05) is 13.1 Å². The highest BCUT2D eigenvalue weighted by atomic mass is 16.5. The first-order chi connectivity index (χ1) is 15.7. The molecule has 0 saturated carbocycles. The van der Waals surface area contributed by atoms with Gasteiger partial charge in [-0.15, -0.1) is 0 Å². The zero-order valence-corrected chi connectivity index (χ0v) is 17.7. The number of carbonyl (C=O) groups excluding carboxylic acids is 2. The van der Waals surface area contributed by atoms with Crippen LogP contribution in [0, 0.1) is 0 Å². The van der Waals surface area contributed by atoms with E-state index >= 15 is 0 Å². The lowest BCUT2D eigenvalue weighted by Crippen LogP contribution is -2.56. The molecule has 1 atom stereocenters. The number of hydrogen-bond donors (Lipinski definition) is 2. The molecule has 164 valence electrons. The van der Waals surface area contributed by atoms with Gasteiger partial charge in [-0.1, -0.05) is 36.4 Å². The summed E-state index contributed by atoms with van der Waals surface area (Å²) in [5, 5.41) is 5.73. The van der Waals surface area contributed by atoms with Crippen LogP contribution in [-0.4, -0.2) is 40.8 Å². The fraction of sp³-hybridized carbons (Fsp3) is 0.240. The number of nitrogens with zero attached hydrogens (tertiary/aromatic N) is 2. The van der Waals surface area contributed by atoms with Crippen molar-refractivity contribution in [1.82, 2.24) is 20.5 Å². The van der Waals surface area contributed by atoms with Crippen molar-refractivity contribution in [3.05, 3.63) is 90.3 Å². The molecule has 32 heavy (non-hydrogen) atoms. The molecule has 4 rings (SSSR count). The first-order valence-electron chi connectivity index (χ1n) is 10.7. The summed E-state index contributed by atoms with van der Waals surface area (Å²) in [5.74, 6) is 1.20. The van der Waals surface area contributed by atoms with Gasteiger partial charge in [0.15, 0.2) is 0 Å². The molecule has 7 nitrogen and oxygen atoms in total. The van der Waals surface area contributed by atoms with Gasteiger partial charge in [0, 0.05) is 25.8 Å². The minimum atomic E-state index is -0.522. The fourth-order valence-electron chi connectivity index (χ4n) is 3.68. The number of para-hydroxylation sites is 1. The van der Waals surface area contributed by atoms with Crippen LogP contribution in [0.15, 0.2) is 79.0 Å². The van der Waals surface area contributed by atoms with Gasteiger partial charge in [0.25, 0.3) is 0 Å². The lowest BCUT2D eigenvalue weighted by molar-refractivity contribution is -0.134. The van der Waals surface area contributed by atoms with E-state index in [0.717, 1.165) is 22.8 Å². The Hall–Kier alpha value is -3.71. The van der Waals surface area contributed by atoms with Crippen LogP contribution in [0.4, 0.5) is 0 Å². The maximum absolute atomic E-state index is 12.5. The molecule has 1 unspecified atom stereocenters. The molecule has 1 saturated heterocycles. The third kappa shape index (κ3) is 5.92. The molecule has 3 aromatic rings. The molecule has 2 aromatic carbocycles. The lowest BCUT2D eigenvalue weighted by Gasteiger charge is -2.34. The third-order valence-electron chi connectivity index (χ3n) is 5.28. The van der Waals surface area contributed by atoms with E-state index in [9.17, 15) is 9.59 Å². The summed E-state index contributed by atoms with van der Waals surface area (Å²) < 4.78 is 5.93. The normalized spacial score (nSPS) is 16.2. The molecule has 0 bridgehead atoms. The molecule has 0 aliphatic carbocycles. The fourth-order valence-corrected chi connectivity index (χ4v) is 3.68. The van der Waals surface area contributed by atoms with E-state index in [1.165, 1.54) is 0 Å². The third-order valence-corrected chi connectivity index (χ3v) is 5.28. The molecule has 2 heterocycles. The molecule has 1 aliphatic rings. The van der Waals surface area contributed by atoms with Gasteiger partial charge in [0.2, 0.25) is 11.8 Å². The first kappa shape index (κ1) is 21.5. The average Bonchev–Trinajstić information content (AvgIpc) is 2.82. The number of piperazine rings is 1. The van der Waals surface area contributed by atoms with E-state index in [1.807, 2.05) is 77.7 Å². The molecule has 1 fully saturated rings. The lowest BCUT2D eigenvalue weighted by atomic mass is 10.1. The molecule has 0 radical (unpaired) electrons. The van der Waals surface area contributed by atoms with E-state index in [1.54, 1.807) is 6.20 Å². The number of nitrogens with one attached hydrogen (secondary N) is 2. The minimum Gasteiger partial charge on any atom is -0.457 e. The molecule has 1 aromatic heterocycles. The Morgan fingerprint density at radius 1 is 1.06 bits per heavy atom. The second-order valence-corrected chi connectivity index (χ2v) is 7.64. The van der Waals surface area contributed by atoms with Crippen LogP contribution in [-0.2, 0) is 22.7 Å². The minimum absolute atomic E-state index is 0.0961. The van der Waals surface area contributed by atoms with Crippen LogP contribution >= 0.6 is 0 Å². The summed E-state index contributed by atoms with van der Waals surface area (Å²) in [4.78, 5) is 31.3. The second kappa shape index (κ2) is 10.5. The Balaban J connectivity index is 1.38. The van der Waals surface area contributed by atoms with Crippen LogP contribution in [0.1, 0.15) is 17.7 Å². The van der Waals surface area contributed by atoms with Gasteiger partial charge in [-0.2, -0.15) is 0 Å². The van der Waals surface area contributed by atoms with Crippen LogP contribution < -0.4 is 15.4 Å². The smallest absolute Gasteiger partial charge is 0.237 e. The maximum atomic E-state index is 12.5. The summed E-state index contributed by atoms with van der Waals surface area (Å²) in [6.45, 7) is 2.13. The second-order valence-electron chi connectivity index (χ2n) is 7.64. The Morgan fingerprint density at radius 3 is 2.69 bits per heavy atom. The van der Waals surface area contributed by atoms with Crippen molar-refractivity contribution < 1.29 is 14.3 Å². The van der Waals surface area contributed by atoms with E-state index < -0.39 is 6.04 Å². The number of aromatic nitrogens is 1. The monoisotopic (exact) mass is 430 g/mol. The Bertz CT molecular complexity index is 1040. The van der Waals surface area contributed by atoms with E-state index in [2.05, 4.69) is 15.6 Å². The summed E-state index contributed by atoms with van der Waals surface area (Å²) in [6, 6.07) is 22.4. The Kier molecular flexibility index (Phi) is 7.09. The summed E-state index contributed by atoms with van der Waals surface area (Å²) in [7, 11) is 0. The van der Waals surface area contributed by atoms with Crippen LogP contribution in [0.3, 0.4) is 0 Å². The predicted octanol–water partition coefficient (Wildman–Crippen LogP) is 2.88. The summed E-state index contributed by atoms with van der Waals surface area (Å²) >= 11 is 0. The van der Waals surface area contributed by atoms with Crippen molar-refractivity contribution in [3.8, 4) is 11.5 Å². The number of benzene rings is 2. The van der Waals surface area contributed by atoms with Crippen LogP contribution in [0.25, 0.3) is 0 Å². The van der Waals surface area contributed by atoms with Gasteiger partial charge in [-0.3, -0.25) is 19.5 Å². The molecular weight excluding hydrogens is 404 g/mol. The van der Waals surface area contributed by atoms with E-state index in [-0.39, 0.29) is 18.2 Å². The van der Waals surface area contributed by atoms with Gasteiger partial charge in [0.05, 0.1) is 24.7 Å². The Morgan fingerprint density at radius 2 is 1.88 bits per heavy atom. The molecule has 2 N–H and O–H groups in total. The molecule has 2 amide bonds. The highest BCUT2D eigenvalue weighted by Gasteiger charge is 2.31. The van der Waals surface area contributed by atoms with Gasteiger partial charge in [-0.25, -0.2) is 0 Å². The van der Waals surface area contributed by atoms with E-state index in [0.29, 0.717) is 26.2 Å². The topological polar surface area (TPSA) is 83.6 Å². The van der Waals surface area contributed by atoms with Crippen molar-refractivity contribution in [3.63, 3.8) is 0 Å². The number of pyridine rings is 1. The number of ether oxygens (including phenoxy) is 1. The maximum Gasteiger partial charge on any atom is 0.237 e. The quantitative estimate of drug-likeness (QED) is 0.574. The highest BCUT2D eigenvalue weighted by Crippen LogP contribution is 2.23. The van der Waals surface area contributed by atoms with Crippen LogP contribution in [0.5, 0.6) is 11.5 Å². The highest BCUT2D eigenvalue weighted by molar-refractivity contribution is 5.88. The zero-order valence-electron chi connectivity index (χ0n) is 17.7. The summed E-state index contributed by atoms with van der Waals surface area (Å²) in [6.07, 6.45) is 1.78. The standard InChI is InChI=1S/C25H26N4O3/c30-24(28-17-20-8-4-5-12-26-20)16-23-25(31)27-13-14-29(23)18-19-7-6-11-22(15-19)32-21-9-2-1-3-10-21/h1-12,15,23H,13-14,16-18H2,(H,27,31)(H,28,30). The van der Waals surface area contributed by atoms with Gasteiger partial charge in [0.1, 0.15) is 11.5 Å². The van der Waals surface area contributed by atoms with Gasteiger partial charge < -0.3 is 15.4 Å². The van der Waals surface area contributed by atoms with Crippen molar-refractivity contribution in [1.29, 1.82) is 0 Å². The summed E-state index contributed by atoms with van der Waals surface area (Å²) in [5.41, 5.74) is 1.80. The van der Waals surface area contributed by atoms with E-state index in [4.69, 9.17) is 4.74 Å². The van der Waals surface area contributed by atoms with Gasteiger partial charge >= 0.3 is 0 Å². The van der Waals surface area contributed by atoms with Crippen molar-refractivity contribution >= 4 is 11.8 Å².